The molecule has 160 valence electrons. The van der Waals surface area contributed by atoms with Gasteiger partial charge in [0, 0.05) is 41.7 Å². The summed E-state index contributed by atoms with van der Waals surface area (Å²) in [6.45, 7) is 0. The van der Waals surface area contributed by atoms with Crippen LogP contribution in [0.15, 0.2) is 42.5 Å². The summed E-state index contributed by atoms with van der Waals surface area (Å²) >= 11 is 0. The van der Waals surface area contributed by atoms with Crippen molar-refractivity contribution in [2.45, 2.75) is 56.1 Å². The van der Waals surface area contributed by atoms with Gasteiger partial charge < -0.3 is 20.1 Å². The number of rotatable bonds is 6. The maximum absolute atomic E-state index is 14.2. The summed E-state index contributed by atoms with van der Waals surface area (Å²) in [7, 11) is 0. The van der Waals surface area contributed by atoms with Crippen molar-refractivity contribution in [2.75, 3.05) is 0 Å². The van der Waals surface area contributed by atoms with Crippen LogP contribution in [0.4, 0.5) is 4.39 Å². The van der Waals surface area contributed by atoms with Crippen molar-refractivity contribution >= 4 is 54.6 Å². The topological polar surface area (TPSA) is 93.5 Å². The molecule has 3 aromatic rings. The van der Waals surface area contributed by atoms with E-state index in [-0.39, 0.29) is 44.2 Å². The van der Waals surface area contributed by atoms with E-state index in [0.29, 0.717) is 17.9 Å². The molecule has 0 saturated heterocycles. The number of carboxylic acid groups (broad SMARTS) is 1. The molecule has 0 radical (unpaired) electrons. The number of nitrogens with zero attached hydrogens (tertiary/aromatic N) is 1. The number of halogens is 1. The molecule has 3 atom stereocenters. The van der Waals surface area contributed by atoms with Gasteiger partial charge in [0.25, 0.3) is 0 Å². The first-order valence-electron chi connectivity index (χ1n) is 10.7. The second-order valence-corrected chi connectivity index (χ2v) is 8.72. The van der Waals surface area contributed by atoms with Crippen molar-refractivity contribution in [3.63, 3.8) is 0 Å². The third kappa shape index (κ3) is 4.44. The summed E-state index contributed by atoms with van der Waals surface area (Å²) in [4.78, 5) is 15.8. The van der Waals surface area contributed by atoms with Gasteiger partial charge in [-0.3, -0.25) is 4.98 Å². The fraction of sp³-hybridized carbons (Fsp3) is 0.360. The average Bonchev–Trinajstić information content (AvgIpc) is 3.56. The van der Waals surface area contributed by atoms with E-state index in [1.165, 1.54) is 12.1 Å². The van der Waals surface area contributed by atoms with E-state index < -0.39 is 36.3 Å². The number of aliphatic hydroxyl groups is 2. The van der Waals surface area contributed by atoms with Crippen molar-refractivity contribution in [2.24, 2.45) is 0 Å². The van der Waals surface area contributed by atoms with Crippen molar-refractivity contribution in [1.82, 2.24) is 4.98 Å². The molecule has 5 nitrogen and oxygen atoms in total. The Morgan fingerprint density at radius 1 is 1.19 bits per heavy atom. The molecule has 0 amide bonds. The van der Waals surface area contributed by atoms with E-state index >= 15 is 0 Å². The van der Waals surface area contributed by atoms with Crippen LogP contribution in [0.2, 0.25) is 0 Å². The Kier molecular flexibility index (Phi) is 6.89. The zero-order valence-corrected chi connectivity index (χ0v) is 19.8. The molecular weight excluding hydrogens is 437 g/mol. The van der Waals surface area contributed by atoms with Crippen molar-refractivity contribution in [1.29, 1.82) is 0 Å². The van der Waals surface area contributed by atoms with Crippen LogP contribution in [-0.2, 0) is 11.2 Å². The monoisotopic (exact) mass is 460 g/mol. The standard InChI is InChI=1S/C25H24FNO4.Ca/c26-14-7-8-16-18(9-14)19(22(29)10-15(28)11-23(30)31)12-20-24(16)17-3-1-2-4-21(17)27-25(20)13-5-6-13;/h1-4,7-9,13,15,19,22,28-29H,5-6,10-12H2,(H,30,31);/q;+2/p-1/t15-,19-,22+;/m1./s1. The Morgan fingerprint density at radius 3 is 2.66 bits per heavy atom. The third-order valence-corrected chi connectivity index (χ3v) is 6.48. The number of carbonyl (C=O) groups is 1. The molecule has 0 unspecified atom stereocenters. The number of hydrogen-bond donors (Lipinski definition) is 2. The van der Waals surface area contributed by atoms with Crippen molar-refractivity contribution in [3.8, 4) is 11.1 Å². The number of aliphatic carboxylic acids is 1. The van der Waals surface area contributed by atoms with Gasteiger partial charge in [0.15, 0.2) is 0 Å². The van der Waals surface area contributed by atoms with Crippen molar-refractivity contribution in [3.05, 3.63) is 65.1 Å². The second-order valence-electron chi connectivity index (χ2n) is 8.72. The van der Waals surface area contributed by atoms with Crippen molar-refractivity contribution < 1.29 is 24.5 Å². The molecule has 0 spiro atoms. The number of benzene rings is 2. The van der Waals surface area contributed by atoms with Crippen LogP contribution < -0.4 is 5.11 Å². The van der Waals surface area contributed by atoms with Gasteiger partial charge in [-0.05, 0) is 59.7 Å². The van der Waals surface area contributed by atoms with E-state index in [4.69, 9.17) is 4.98 Å². The Bertz CT molecular complexity index is 1180. The minimum absolute atomic E-state index is 0. The van der Waals surface area contributed by atoms with Crippen LogP contribution in [0.5, 0.6) is 0 Å². The van der Waals surface area contributed by atoms with Crippen LogP contribution in [0.25, 0.3) is 22.0 Å². The first-order valence-corrected chi connectivity index (χ1v) is 10.7. The molecule has 1 heterocycles. The quantitative estimate of drug-likeness (QED) is 0.551. The molecule has 1 saturated carbocycles. The normalized spacial score (nSPS) is 18.9. The van der Waals surface area contributed by atoms with Crippen LogP contribution in [0, 0.1) is 5.82 Å². The van der Waals surface area contributed by atoms with Gasteiger partial charge in [0.1, 0.15) is 5.82 Å². The van der Waals surface area contributed by atoms with Gasteiger partial charge in [-0.1, -0.05) is 24.3 Å². The smallest absolute Gasteiger partial charge is 0.550 e. The summed E-state index contributed by atoms with van der Waals surface area (Å²) in [5, 5.41) is 32.8. The number of hydrogen-bond acceptors (Lipinski definition) is 5. The van der Waals surface area contributed by atoms with Gasteiger partial charge >= 0.3 is 37.7 Å². The summed E-state index contributed by atoms with van der Waals surface area (Å²) in [5.74, 6) is -1.83. The maximum atomic E-state index is 14.2. The molecule has 2 aromatic carbocycles. The van der Waals surface area contributed by atoms with Crippen LogP contribution in [0.3, 0.4) is 0 Å². The summed E-state index contributed by atoms with van der Waals surface area (Å²) in [6.07, 6.45) is -0.302. The molecule has 1 aromatic heterocycles. The van der Waals surface area contributed by atoms with E-state index in [1.807, 2.05) is 24.3 Å². The zero-order valence-electron chi connectivity index (χ0n) is 17.6. The molecule has 2 aliphatic carbocycles. The fourth-order valence-corrected chi connectivity index (χ4v) is 4.94. The minimum Gasteiger partial charge on any atom is -0.550 e. The molecule has 1 fully saturated rings. The maximum Gasteiger partial charge on any atom is 2.00 e. The molecule has 0 bridgehead atoms. The number of carbonyl (C=O) groups excluding carboxylic acids is 1. The van der Waals surface area contributed by atoms with E-state index in [0.717, 1.165) is 46.1 Å². The van der Waals surface area contributed by atoms with Gasteiger partial charge in [0.05, 0.1) is 17.7 Å². The Labute approximate surface area is 215 Å². The Balaban J connectivity index is 0.00000245. The number of pyridine rings is 1. The van der Waals surface area contributed by atoms with Gasteiger partial charge in [-0.25, -0.2) is 4.39 Å². The predicted octanol–water partition coefficient (Wildman–Crippen LogP) is 2.43. The molecule has 0 aliphatic heterocycles. The van der Waals surface area contributed by atoms with E-state index in [2.05, 4.69) is 0 Å². The average molecular weight is 461 g/mol. The molecule has 2 aliphatic rings. The van der Waals surface area contributed by atoms with Gasteiger partial charge in [0.2, 0.25) is 0 Å². The van der Waals surface area contributed by atoms with Gasteiger partial charge in [-0.15, -0.1) is 0 Å². The largest absolute Gasteiger partial charge is 2.00 e. The number of aromatic nitrogens is 1. The van der Waals surface area contributed by atoms with Crippen LogP contribution >= 0.6 is 0 Å². The second kappa shape index (κ2) is 9.35. The Hall–Kier alpha value is -1.57. The number of carboxylic acids is 1. The first kappa shape index (κ1) is 23.6. The summed E-state index contributed by atoms with van der Waals surface area (Å²) < 4.78 is 14.2. The molecule has 32 heavy (non-hydrogen) atoms. The number of para-hydroxylation sites is 1. The SMILES string of the molecule is O=C([O-])C[C@H](O)C[C@H](O)[C@@H]1Cc2c(C3CC3)nc3ccccc3c2-c2ccc(F)cc21.[Ca+2]. The predicted molar refractivity (Wildman–Crippen MR) is 118 cm³/mol. The summed E-state index contributed by atoms with van der Waals surface area (Å²) in [6, 6.07) is 12.5. The Morgan fingerprint density at radius 2 is 1.94 bits per heavy atom. The van der Waals surface area contributed by atoms with E-state index in [9.17, 15) is 24.5 Å². The molecule has 2 N–H and O–H groups in total. The molecular formula is C25H23CaFNO4+. The summed E-state index contributed by atoms with van der Waals surface area (Å²) in [5.41, 5.74) is 5.60. The minimum atomic E-state index is -1.37. The molecule has 7 heteroatoms. The number of fused-ring (bicyclic) bond motifs is 5. The van der Waals surface area contributed by atoms with Crippen LogP contribution in [-0.4, -0.2) is 71.1 Å². The van der Waals surface area contributed by atoms with Crippen LogP contribution in [0.1, 0.15) is 54.3 Å². The zero-order chi connectivity index (χ0) is 21.7. The van der Waals surface area contributed by atoms with Gasteiger partial charge in [-0.2, -0.15) is 0 Å². The number of aliphatic hydroxyl groups excluding tert-OH is 2. The van der Waals surface area contributed by atoms with E-state index in [1.54, 1.807) is 6.07 Å². The third-order valence-electron chi connectivity index (χ3n) is 6.48. The molecule has 5 rings (SSSR count). The fourth-order valence-electron chi connectivity index (χ4n) is 4.94. The first-order chi connectivity index (χ1) is 14.9.